The third-order valence-corrected chi connectivity index (χ3v) is 4.62. The van der Waals surface area contributed by atoms with Gasteiger partial charge in [0, 0.05) is 6.92 Å². The van der Waals surface area contributed by atoms with E-state index in [1.165, 1.54) is 6.92 Å². The molecule has 2 aromatic carbocycles. The number of rotatable bonds is 5. The number of carbonyl (C=O) groups is 1. The van der Waals surface area contributed by atoms with E-state index in [2.05, 4.69) is 10.3 Å². The monoisotopic (exact) mass is 326 g/mol. The molecule has 0 saturated heterocycles. The number of amides is 1. The number of carbonyl (C=O) groups excluding carboxylic acids is 1. The number of fused-ring (bicyclic) bond motifs is 1. The lowest BCUT2D eigenvalue weighted by Gasteiger charge is -2.07. The highest BCUT2D eigenvalue weighted by atomic mass is 32.1. The second kappa shape index (κ2) is 6.79. The Morgan fingerprint density at radius 3 is 2.78 bits per heavy atom. The third kappa shape index (κ3) is 3.87. The molecule has 4 nitrogen and oxygen atoms in total. The van der Waals surface area contributed by atoms with Gasteiger partial charge < -0.3 is 10.1 Å². The molecule has 3 aromatic rings. The molecule has 0 saturated carbocycles. The van der Waals surface area contributed by atoms with Gasteiger partial charge in [-0.1, -0.05) is 30.3 Å². The fourth-order valence-electron chi connectivity index (χ4n) is 2.31. The van der Waals surface area contributed by atoms with Crippen molar-refractivity contribution in [3.05, 3.63) is 59.1 Å². The van der Waals surface area contributed by atoms with Gasteiger partial charge in [-0.15, -0.1) is 11.3 Å². The van der Waals surface area contributed by atoms with E-state index < -0.39 is 0 Å². The normalized spacial score (nSPS) is 12.1. The van der Waals surface area contributed by atoms with Crippen molar-refractivity contribution in [3.8, 4) is 5.75 Å². The number of nitrogens with zero attached hydrogens (tertiary/aromatic N) is 1. The van der Waals surface area contributed by atoms with Gasteiger partial charge in [-0.05, 0) is 30.7 Å². The largest absolute Gasteiger partial charge is 0.489 e. The molecule has 0 radical (unpaired) electrons. The molecule has 1 heterocycles. The van der Waals surface area contributed by atoms with Crippen LogP contribution in [0.3, 0.4) is 0 Å². The highest BCUT2D eigenvalue weighted by Gasteiger charge is 2.12. The summed E-state index contributed by atoms with van der Waals surface area (Å²) in [7, 11) is 0. The van der Waals surface area contributed by atoms with Gasteiger partial charge in [-0.25, -0.2) is 4.98 Å². The molecule has 0 fully saturated rings. The van der Waals surface area contributed by atoms with Crippen molar-refractivity contribution in [2.24, 2.45) is 0 Å². The molecule has 23 heavy (non-hydrogen) atoms. The zero-order valence-electron chi connectivity index (χ0n) is 13.1. The van der Waals surface area contributed by atoms with Crippen molar-refractivity contribution in [2.45, 2.75) is 26.5 Å². The molecule has 0 aliphatic carbocycles. The summed E-state index contributed by atoms with van der Waals surface area (Å²) in [5.74, 6) is 0.771. The van der Waals surface area contributed by atoms with Gasteiger partial charge >= 0.3 is 0 Å². The Hall–Kier alpha value is -2.40. The standard InChI is InChI=1S/C18H18N2O2S/c1-12(19-13(2)21)18-20-16-9-8-15(10-17(16)23-18)22-11-14-6-4-3-5-7-14/h3-10,12H,11H2,1-2H3,(H,19,21). The summed E-state index contributed by atoms with van der Waals surface area (Å²) in [6.45, 7) is 3.99. The third-order valence-electron chi connectivity index (χ3n) is 3.41. The zero-order chi connectivity index (χ0) is 16.2. The Morgan fingerprint density at radius 1 is 1.26 bits per heavy atom. The summed E-state index contributed by atoms with van der Waals surface area (Å²) in [5.41, 5.74) is 2.06. The molecule has 1 unspecified atom stereocenters. The lowest BCUT2D eigenvalue weighted by molar-refractivity contribution is -0.119. The first-order valence-corrected chi connectivity index (χ1v) is 8.28. The minimum absolute atomic E-state index is 0.0522. The van der Waals surface area contributed by atoms with Crippen molar-refractivity contribution >= 4 is 27.5 Å². The maximum atomic E-state index is 11.2. The predicted molar refractivity (Wildman–Crippen MR) is 92.6 cm³/mol. The van der Waals surface area contributed by atoms with Crippen LogP contribution in [0.2, 0.25) is 0 Å². The van der Waals surface area contributed by atoms with Crippen LogP contribution >= 0.6 is 11.3 Å². The Morgan fingerprint density at radius 2 is 2.04 bits per heavy atom. The Labute approximate surface area is 139 Å². The fourth-order valence-corrected chi connectivity index (χ4v) is 3.30. The summed E-state index contributed by atoms with van der Waals surface area (Å²) in [6, 6.07) is 15.9. The van der Waals surface area contributed by atoms with Gasteiger partial charge in [-0.2, -0.15) is 0 Å². The average Bonchev–Trinajstić information content (AvgIpc) is 2.96. The van der Waals surface area contributed by atoms with Crippen molar-refractivity contribution in [3.63, 3.8) is 0 Å². The lowest BCUT2D eigenvalue weighted by atomic mass is 10.2. The first-order chi connectivity index (χ1) is 11.1. The molecule has 0 aliphatic heterocycles. The first kappa shape index (κ1) is 15.5. The van der Waals surface area contributed by atoms with Crippen LogP contribution in [0.15, 0.2) is 48.5 Å². The molecular formula is C18H18N2O2S. The quantitative estimate of drug-likeness (QED) is 0.769. The molecule has 5 heteroatoms. The summed E-state index contributed by atoms with van der Waals surface area (Å²) in [4.78, 5) is 15.7. The van der Waals surface area contributed by atoms with Crippen LogP contribution in [-0.2, 0) is 11.4 Å². The van der Waals surface area contributed by atoms with Crippen LogP contribution in [0.25, 0.3) is 10.2 Å². The summed E-state index contributed by atoms with van der Waals surface area (Å²) in [5, 5.41) is 3.76. The molecule has 0 aliphatic rings. The molecule has 3 rings (SSSR count). The molecule has 1 aromatic heterocycles. The van der Waals surface area contributed by atoms with Crippen molar-refractivity contribution in [2.75, 3.05) is 0 Å². The fraction of sp³-hybridized carbons (Fsp3) is 0.222. The number of ether oxygens (including phenoxy) is 1. The van der Waals surface area contributed by atoms with Crippen LogP contribution in [0.4, 0.5) is 0 Å². The number of aromatic nitrogens is 1. The van der Waals surface area contributed by atoms with Crippen LogP contribution in [0, 0.1) is 0 Å². The first-order valence-electron chi connectivity index (χ1n) is 7.46. The molecule has 118 valence electrons. The van der Waals surface area contributed by atoms with Crippen LogP contribution in [0.1, 0.15) is 30.5 Å². The number of hydrogen-bond donors (Lipinski definition) is 1. The minimum Gasteiger partial charge on any atom is -0.489 e. The van der Waals surface area contributed by atoms with E-state index in [0.29, 0.717) is 6.61 Å². The summed E-state index contributed by atoms with van der Waals surface area (Å²) < 4.78 is 6.90. The Bertz CT molecular complexity index is 814. The number of hydrogen-bond acceptors (Lipinski definition) is 4. The van der Waals surface area contributed by atoms with Gasteiger partial charge in [0.2, 0.25) is 5.91 Å². The molecule has 1 N–H and O–H groups in total. The highest BCUT2D eigenvalue weighted by molar-refractivity contribution is 7.18. The highest BCUT2D eigenvalue weighted by Crippen LogP contribution is 2.29. The maximum absolute atomic E-state index is 11.2. The van der Waals surface area contributed by atoms with E-state index in [4.69, 9.17) is 4.74 Å². The number of benzene rings is 2. The van der Waals surface area contributed by atoms with Crippen molar-refractivity contribution < 1.29 is 9.53 Å². The maximum Gasteiger partial charge on any atom is 0.217 e. The zero-order valence-corrected chi connectivity index (χ0v) is 13.9. The summed E-state index contributed by atoms with van der Waals surface area (Å²) in [6.07, 6.45) is 0. The van der Waals surface area contributed by atoms with Crippen molar-refractivity contribution in [1.82, 2.24) is 10.3 Å². The predicted octanol–water partition coefficient (Wildman–Crippen LogP) is 4.07. The van der Waals surface area contributed by atoms with E-state index in [1.807, 2.05) is 55.5 Å². The molecule has 1 amide bonds. The number of thiazole rings is 1. The second-order valence-electron chi connectivity index (χ2n) is 5.38. The van der Waals surface area contributed by atoms with Gasteiger partial charge in [-0.3, -0.25) is 4.79 Å². The smallest absolute Gasteiger partial charge is 0.217 e. The van der Waals surface area contributed by atoms with Crippen molar-refractivity contribution in [1.29, 1.82) is 0 Å². The van der Waals surface area contributed by atoms with E-state index in [-0.39, 0.29) is 11.9 Å². The minimum atomic E-state index is -0.0846. The Balaban J connectivity index is 1.75. The van der Waals surface area contributed by atoms with E-state index in [9.17, 15) is 4.79 Å². The average molecular weight is 326 g/mol. The van der Waals surface area contributed by atoms with Gasteiger partial charge in [0.05, 0.1) is 16.3 Å². The molecule has 1 atom stereocenters. The van der Waals surface area contributed by atoms with Gasteiger partial charge in [0.15, 0.2) is 0 Å². The SMILES string of the molecule is CC(=O)NC(C)c1nc2ccc(OCc3ccccc3)cc2s1. The topological polar surface area (TPSA) is 51.2 Å². The Kier molecular flexibility index (Phi) is 4.57. The van der Waals surface area contributed by atoms with Crippen LogP contribution < -0.4 is 10.1 Å². The van der Waals surface area contributed by atoms with E-state index in [0.717, 1.165) is 26.5 Å². The molecule has 0 spiro atoms. The number of nitrogens with one attached hydrogen (secondary N) is 1. The molecule has 0 bridgehead atoms. The van der Waals surface area contributed by atoms with Crippen LogP contribution in [0.5, 0.6) is 5.75 Å². The lowest BCUT2D eigenvalue weighted by Crippen LogP contribution is -2.23. The molecular weight excluding hydrogens is 308 g/mol. The van der Waals surface area contributed by atoms with E-state index >= 15 is 0 Å². The summed E-state index contributed by atoms with van der Waals surface area (Å²) >= 11 is 1.58. The van der Waals surface area contributed by atoms with Gasteiger partial charge in [0.25, 0.3) is 0 Å². The second-order valence-corrected chi connectivity index (χ2v) is 6.44. The van der Waals surface area contributed by atoms with E-state index in [1.54, 1.807) is 11.3 Å². The van der Waals surface area contributed by atoms with Gasteiger partial charge in [0.1, 0.15) is 17.4 Å². The van der Waals surface area contributed by atoms with Crippen LogP contribution in [-0.4, -0.2) is 10.9 Å².